The van der Waals surface area contributed by atoms with E-state index in [1.165, 1.54) is 6.33 Å². The van der Waals surface area contributed by atoms with Crippen LogP contribution in [0.2, 0.25) is 0 Å². The molecule has 0 aliphatic carbocycles. The van der Waals surface area contributed by atoms with Crippen molar-refractivity contribution in [1.82, 2.24) is 14.9 Å². The van der Waals surface area contributed by atoms with Crippen LogP contribution >= 0.6 is 0 Å². The van der Waals surface area contributed by atoms with Crippen molar-refractivity contribution in [3.8, 4) is 0 Å². The van der Waals surface area contributed by atoms with Crippen molar-refractivity contribution in [2.75, 3.05) is 43.4 Å². The molecule has 1 aromatic heterocycles. The van der Waals surface area contributed by atoms with Crippen LogP contribution in [0.25, 0.3) is 0 Å². The van der Waals surface area contributed by atoms with Crippen LogP contribution in [0.1, 0.15) is 6.92 Å². The number of nitrogens with two attached hydrogens (primary N) is 1. The lowest BCUT2D eigenvalue weighted by atomic mass is 10.3. The third-order valence-electron chi connectivity index (χ3n) is 2.97. The molecule has 0 unspecified atom stereocenters. The van der Waals surface area contributed by atoms with E-state index in [4.69, 9.17) is 10.5 Å². The predicted molar refractivity (Wildman–Crippen MR) is 70.1 cm³/mol. The average Bonchev–Trinajstić information content (AvgIpc) is 2.42. The Bertz CT molecular complexity index is 507. The summed E-state index contributed by atoms with van der Waals surface area (Å²) in [6.45, 7) is 4.31. The minimum absolute atomic E-state index is 0.104. The Morgan fingerprint density at radius 1 is 1.47 bits per heavy atom. The van der Waals surface area contributed by atoms with Crippen LogP contribution in [0.15, 0.2) is 11.1 Å². The summed E-state index contributed by atoms with van der Waals surface area (Å²) in [6.07, 6.45) is 1.01. The third kappa shape index (κ3) is 2.78. The largest absolute Gasteiger partial charge is 0.450 e. The molecule has 0 saturated carbocycles. The maximum absolute atomic E-state index is 11.6. The second-order valence-electron chi connectivity index (χ2n) is 4.14. The Labute approximate surface area is 110 Å². The summed E-state index contributed by atoms with van der Waals surface area (Å²) in [5, 5.41) is 0. The highest BCUT2D eigenvalue weighted by Gasteiger charge is 2.24. The number of aromatic amines is 1. The summed E-state index contributed by atoms with van der Waals surface area (Å²) in [7, 11) is 0. The Hall–Kier alpha value is -2.25. The van der Waals surface area contributed by atoms with Gasteiger partial charge in [-0.25, -0.2) is 9.78 Å². The third-order valence-corrected chi connectivity index (χ3v) is 2.97. The summed E-state index contributed by atoms with van der Waals surface area (Å²) in [4.78, 5) is 33.0. The molecule has 0 radical (unpaired) electrons. The molecule has 1 aromatic rings. The molecule has 1 aliphatic rings. The number of rotatable bonds is 2. The van der Waals surface area contributed by atoms with E-state index >= 15 is 0 Å². The molecule has 3 N–H and O–H groups in total. The van der Waals surface area contributed by atoms with E-state index in [0.717, 1.165) is 0 Å². The molecule has 0 spiro atoms. The molecular formula is C11H17N5O3. The fourth-order valence-corrected chi connectivity index (χ4v) is 1.97. The summed E-state index contributed by atoms with van der Waals surface area (Å²) >= 11 is 0. The van der Waals surface area contributed by atoms with Gasteiger partial charge in [-0.2, -0.15) is 0 Å². The lowest BCUT2D eigenvalue weighted by Crippen LogP contribution is -2.49. The smallest absolute Gasteiger partial charge is 0.409 e. The second kappa shape index (κ2) is 5.59. The molecule has 0 atom stereocenters. The molecule has 2 rings (SSSR count). The van der Waals surface area contributed by atoms with Crippen molar-refractivity contribution in [2.24, 2.45) is 0 Å². The molecule has 19 heavy (non-hydrogen) atoms. The molecule has 1 aliphatic heterocycles. The number of carbonyl (C=O) groups excluding carboxylic acids is 1. The number of anilines is 2. The number of nitrogen functional groups attached to an aromatic ring is 1. The molecule has 2 heterocycles. The maximum Gasteiger partial charge on any atom is 0.409 e. The first kappa shape index (κ1) is 13.2. The SMILES string of the molecule is CCOC(=O)N1CCN(c2nc[nH]c(=O)c2N)CC1. The van der Waals surface area contributed by atoms with E-state index in [2.05, 4.69) is 9.97 Å². The zero-order chi connectivity index (χ0) is 13.8. The first-order valence-corrected chi connectivity index (χ1v) is 6.13. The van der Waals surface area contributed by atoms with Gasteiger partial charge in [0, 0.05) is 26.2 Å². The van der Waals surface area contributed by atoms with Crippen LogP contribution in [0, 0.1) is 0 Å². The topological polar surface area (TPSA) is 105 Å². The maximum atomic E-state index is 11.6. The number of hydrogen-bond acceptors (Lipinski definition) is 6. The number of carbonyl (C=O) groups is 1. The van der Waals surface area contributed by atoms with Gasteiger partial charge in [-0.1, -0.05) is 0 Å². The molecule has 0 bridgehead atoms. The van der Waals surface area contributed by atoms with Gasteiger partial charge in [0.2, 0.25) is 0 Å². The lowest BCUT2D eigenvalue weighted by molar-refractivity contribution is 0.105. The Balaban J connectivity index is 2.02. The van der Waals surface area contributed by atoms with Crippen molar-refractivity contribution in [1.29, 1.82) is 0 Å². The fraction of sp³-hybridized carbons (Fsp3) is 0.545. The minimum Gasteiger partial charge on any atom is -0.450 e. The standard InChI is InChI=1S/C11H17N5O3/c1-2-19-11(18)16-5-3-15(4-6-16)9-8(12)10(17)14-7-13-9/h7H,2-6,12H2,1H3,(H,13,14,17). The van der Waals surface area contributed by atoms with Crippen LogP contribution < -0.4 is 16.2 Å². The molecular weight excluding hydrogens is 250 g/mol. The first-order chi connectivity index (χ1) is 9.13. The van der Waals surface area contributed by atoms with Gasteiger partial charge in [-0.3, -0.25) is 4.79 Å². The van der Waals surface area contributed by atoms with Crippen molar-refractivity contribution < 1.29 is 9.53 Å². The van der Waals surface area contributed by atoms with E-state index in [9.17, 15) is 9.59 Å². The Kier molecular flexibility index (Phi) is 3.88. The Morgan fingerprint density at radius 3 is 2.79 bits per heavy atom. The molecule has 8 nitrogen and oxygen atoms in total. The number of nitrogens with zero attached hydrogens (tertiary/aromatic N) is 3. The monoisotopic (exact) mass is 267 g/mol. The van der Waals surface area contributed by atoms with Gasteiger partial charge in [0.15, 0.2) is 5.82 Å². The molecule has 1 fully saturated rings. The van der Waals surface area contributed by atoms with E-state index in [-0.39, 0.29) is 17.3 Å². The summed E-state index contributed by atoms with van der Waals surface area (Å²) in [6, 6.07) is 0. The van der Waals surface area contributed by atoms with Crippen LogP contribution in [0.5, 0.6) is 0 Å². The Morgan fingerprint density at radius 2 is 2.16 bits per heavy atom. The highest BCUT2D eigenvalue weighted by Crippen LogP contribution is 2.17. The van der Waals surface area contributed by atoms with Crippen molar-refractivity contribution in [3.05, 3.63) is 16.7 Å². The number of nitrogens with one attached hydrogen (secondary N) is 1. The fourth-order valence-electron chi connectivity index (χ4n) is 1.97. The number of ether oxygens (including phenoxy) is 1. The molecule has 1 amide bonds. The van der Waals surface area contributed by atoms with Gasteiger partial charge in [-0.15, -0.1) is 0 Å². The molecule has 104 valence electrons. The van der Waals surface area contributed by atoms with E-state index in [0.29, 0.717) is 38.6 Å². The number of hydrogen-bond donors (Lipinski definition) is 2. The van der Waals surface area contributed by atoms with Crippen molar-refractivity contribution in [2.45, 2.75) is 6.92 Å². The predicted octanol–water partition coefficient (Wildman–Crippen LogP) is -0.369. The highest BCUT2D eigenvalue weighted by atomic mass is 16.6. The molecule has 1 saturated heterocycles. The number of aromatic nitrogens is 2. The van der Waals surface area contributed by atoms with Crippen LogP contribution in [0.3, 0.4) is 0 Å². The number of H-pyrrole nitrogens is 1. The second-order valence-corrected chi connectivity index (χ2v) is 4.14. The van der Waals surface area contributed by atoms with Gasteiger partial charge in [-0.05, 0) is 6.92 Å². The number of amides is 1. The first-order valence-electron chi connectivity index (χ1n) is 6.13. The van der Waals surface area contributed by atoms with Gasteiger partial charge >= 0.3 is 6.09 Å². The summed E-state index contributed by atoms with van der Waals surface area (Å²) < 4.78 is 4.94. The normalized spacial score (nSPS) is 15.4. The van der Waals surface area contributed by atoms with Crippen LogP contribution in [-0.2, 0) is 4.74 Å². The van der Waals surface area contributed by atoms with Crippen molar-refractivity contribution >= 4 is 17.6 Å². The minimum atomic E-state index is -0.349. The quantitative estimate of drug-likeness (QED) is 0.757. The average molecular weight is 267 g/mol. The summed E-state index contributed by atoms with van der Waals surface area (Å²) in [5.41, 5.74) is 5.46. The highest BCUT2D eigenvalue weighted by molar-refractivity contribution is 5.68. The number of piperazine rings is 1. The zero-order valence-corrected chi connectivity index (χ0v) is 10.8. The van der Waals surface area contributed by atoms with E-state index in [1.807, 2.05) is 4.90 Å². The molecule has 0 aromatic carbocycles. The lowest BCUT2D eigenvalue weighted by Gasteiger charge is -2.34. The van der Waals surface area contributed by atoms with Crippen LogP contribution in [0.4, 0.5) is 16.3 Å². The van der Waals surface area contributed by atoms with Gasteiger partial charge in [0.25, 0.3) is 5.56 Å². The van der Waals surface area contributed by atoms with E-state index < -0.39 is 0 Å². The zero-order valence-electron chi connectivity index (χ0n) is 10.8. The van der Waals surface area contributed by atoms with Gasteiger partial charge in [0.1, 0.15) is 5.69 Å². The van der Waals surface area contributed by atoms with Crippen molar-refractivity contribution in [3.63, 3.8) is 0 Å². The van der Waals surface area contributed by atoms with Gasteiger partial charge < -0.3 is 25.3 Å². The summed E-state index contributed by atoms with van der Waals surface area (Å²) in [5.74, 6) is 0.465. The van der Waals surface area contributed by atoms with Gasteiger partial charge in [0.05, 0.1) is 12.9 Å². The molecule has 8 heteroatoms. The van der Waals surface area contributed by atoms with Crippen LogP contribution in [-0.4, -0.2) is 53.7 Å². The van der Waals surface area contributed by atoms with E-state index in [1.54, 1.807) is 11.8 Å².